The minimum atomic E-state index is -1.57. The number of allylic oxidation sites excluding steroid dienone is 5. The lowest BCUT2D eigenvalue weighted by atomic mass is 9.99. The highest BCUT2D eigenvalue weighted by atomic mass is 16.7. The highest BCUT2D eigenvalue weighted by molar-refractivity contribution is 5.76. The molecule has 328 valence electrons. The summed E-state index contributed by atoms with van der Waals surface area (Å²) in [6.45, 7) is 3.74. The van der Waals surface area contributed by atoms with Crippen LogP contribution >= 0.6 is 0 Å². The molecular weight excluding hydrogens is 707 g/mol. The second-order valence-corrected chi connectivity index (χ2v) is 16.2. The van der Waals surface area contributed by atoms with Crippen LogP contribution in [0.25, 0.3) is 0 Å². The monoisotopic (exact) mass is 794 g/mol. The van der Waals surface area contributed by atoms with Gasteiger partial charge in [0.05, 0.1) is 25.4 Å². The van der Waals surface area contributed by atoms with Crippen LogP contribution in [0.5, 0.6) is 0 Å². The number of unbranched alkanes of at least 4 members (excludes halogenated alkanes) is 24. The summed E-state index contributed by atoms with van der Waals surface area (Å²) in [4.78, 5) is 12.9. The van der Waals surface area contributed by atoms with Crippen LogP contribution in [0.3, 0.4) is 0 Å². The van der Waals surface area contributed by atoms with Crippen molar-refractivity contribution in [2.24, 2.45) is 0 Å². The minimum absolute atomic E-state index is 0.204. The molecule has 9 nitrogen and oxygen atoms in total. The third-order valence-electron chi connectivity index (χ3n) is 10.9. The maximum Gasteiger partial charge on any atom is 0.220 e. The van der Waals surface area contributed by atoms with E-state index in [9.17, 15) is 30.3 Å². The molecule has 1 heterocycles. The summed E-state index contributed by atoms with van der Waals surface area (Å²) in [5.74, 6) is -0.204. The summed E-state index contributed by atoms with van der Waals surface area (Å²) in [5, 5.41) is 54.1. The number of hydrogen-bond donors (Lipinski definition) is 6. The van der Waals surface area contributed by atoms with E-state index >= 15 is 0 Å². The zero-order valence-electron chi connectivity index (χ0n) is 35.9. The van der Waals surface area contributed by atoms with Crippen molar-refractivity contribution in [2.75, 3.05) is 13.2 Å². The molecule has 7 atom stereocenters. The van der Waals surface area contributed by atoms with Gasteiger partial charge < -0.3 is 40.3 Å². The number of aliphatic hydroxyl groups excluding tert-OH is 5. The standard InChI is InChI=1S/C47H87NO8/c1-3-5-7-9-11-13-15-17-18-19-20-21-22-23-25-26-28-30-32-34-36-41(50)40(39-55-47-46(54)45(53)44(52)42(38-49)56-47)48-43(51)37-35-33-31-29-27-24-16-14-12-10-8-6-4-2/h24,26-28,34,36,40-42,44-47,49-50,52-54H,3-23,25,29-33,35,37-39H2,1-2H3,(H,48,51)/b27-24-,28-26+,36-34+. The average molecular weight is 794 g/mol. The Morgan fingerprint density at radius 1 is 0.589 bits per heavy atom. The highest BCUT2D eigenvalue weighted by Gasteiger charge is 2.44. The molecule has 9 heteroatoms. The minimum Gasteiger partial charge on any atom is -0.394 e. The fraction of sp³-hybridized carbons (Fsp3) is 0.851. The number of carbonyl (C=O) groups excluding carboxylic acids is 1. The lowest BCUT2D eigenvalue weighted by Gasteiger charge is -2.40. The Morgan fingerprint density at radius 3 is 1.50 bits per heavy atom. The second kappa shape index (κ2) is 37.7. The first kappa shape index (κ1) is 52.4. The second-order valence-electron chi connectivity index (χ2n) is 16.2. The Kier molecular flexibility index (Phi) is 35.3. The van der Waals surface area contributed by atoms with Gasteiger partial charge in [0.2, 0.25) is 5.91 Å². The van der Waals surface area contributed by atoms with Crippen LogP contribution in [0.1, 0.15) is 200 Å². The van der Waals surface area contributed by atoms with E-state index in [1.807, 2.05) is 6.08 Å². The number of amides is 1. The summed E-state index contributed by atoms with van der Waals surface area (Å²) < 4.78 is 11.2. The molecule has 0 radical (unpaired) electrons. The number of carbonyl (C=O) groups is 1. The van der Waals surface area contributed by atoms with Gasteiger partial charge in [-0.05, 0) is 57.8 Å². The zero-order valence-corrected chi connectivity index (χ0v) is 35.9. The molecule has 6 N–H and O–H groups in total. The van der Waals surface area contributed by atoms with Gasteiger partial charge in [-0.3, -0.25) is 4.79 Å². The van der Waals surface area contributed by atoms with Gasteiger partial charge >= 0.3 is 0 Å². The fourth-order valence-electron chi connectivity index (χ4n) is 7.17. The van der Waals surface area contributed by atoms with Gasteiger partial charge in [0.15, 0.2) is 6.29 Å². The number of aliphatic hydroxyl groups is 5. The van der Waals surface area contributed by atoms with E-state index in [-0.39, 0.29) is 12.5 Å². The summed E-state index contributed by atoms with van der Waals surface area (Å²) in [5.41, 5.74) is 0. The molecule has 0 aliphatic carbocycles. The fourth-order valence-corrected chi connectivity index (χ4v) is 7.17. The van der Waals surface area contributed by atoms with Crippen molar-refractivity contribution in [3.8, 4) is 0 Å². The van der Waals surface area contributed by atoms with E-state index in [2.05, 4.69) is 43.5 Å². The lowest BCUT2D eigenvalue weighted by Crippen LogP contribution is -2.60. The SMILES string of the molecule is CCCCCCCC/C=C\CCCCCC(=O)NC(COC1OC(CO)C(O)C(O)C1O)C(O)/C=C/CC/C=C/CCCCCCCCCCCCCCCC. The molecule has 56 heavy (non-hydrogen) atoms. The first-order valence-electron chi connectivity index (χ1n) is 23.2. The predicted octanol–water partition coefficient (Wildman–Crippen LogP) is 9.67. The van der Waals surface area contributed by atoms with Crippen molar-refractivity contribution < 1.29 is 39.8 Å². The molecule has 7 unspecified atom stereocenters. The molecule has 1 amide bonds. The molecule has 0 aromatic heterocycles. The largest absolute Gasteiger partial charge is 0.394 e. The van der Waals surface area contributed by atoms with Crippen LogP contribution in [0.15, 0.2) is 36.5 Å². The van der Waals surface area contributed by atoms with Gasteiger partial charge in [0.25, 0.3) is 0 Å². The maximum atomic E-state index is 12.9. The molecule has 0 aromatic rings. The van der Waals surface area contributed by atoms with Gasteiger partial charge in [0.1, 0.15) is 24.4 Å². The molecule has 0 bridgehead atoms. The van der Waals surface area contributed by atoms with Crippen LogP contribution in [0.2, 0.25) is 0 Å². The van der Waals surface area contributed by atoms with E-state index < -0.39 is 49.5 Å². The van der Waals surface area contributed by atoms with Crippen LogP contribution in [0, 0.1) is 0 Å². The van der Waals surface area contributed by atoms with E-state index in [1.165, 1.54) is 128 Å². The Hall–Kier alpha value is -1.59. The van der Waals surface area contributed by atoms with Crippen molar-refractivity contribution >= 4 is 5.91 Å². The van der Waals surface area contributed by atoms with Gasteiger partial charge in [-0.1, -0.05) is 172 Å². The smallest absolute Gasteiger partial charge is 0.220 e. The topological polar surface area (TPSA) is 149 Å². The molecule has 0 spiro atoms. The van der Waals surface area contributed by atoms with Crippen LogP contribution in [0.4, 0.5) is 0 Å². The molecule has 0 aromatic carbocycles. The molecule has 1 aliphatic heterocycles. The van der Waals surface area contributed by atoms with Gasteiger partial charge in [0, 0.05) is 6.42 Å². The number of ether oxygens (including phenoxy) is 2. The summed E-state index contributed by atoms with van der Waals surface area (Å²) >= 11 is 0. The van der Waals surface area contributed by atoms with Gasteiger partial charge in [-0.25, -0.2) is 0 Å². The van der Waals surface area contributed by atoms with Gasteiger partial charge in [-0.2, -0.15) is 0 Å². The van der Waals surface area contributed by atoms with E-state index in [4.69, 9.17) is 9.47 Å². The molecular formula is C47H87NO8. The Labute approximate surface area is 342 Å². The lowest BCUT2D eigenvalue weighted by molar-refractivity contribution is -0.302. The molecule has 1 aliphatic rings. The molecule has 1 rings (SSSR count). The molecule has 1 fully saturated rings. The Balaban J connectivity index is 2.38. The number of hydrogen-bond acceptors (Lipinski definition) is 8. The first-order valence-corrected chi connectivity index (χ1v) is 23.2. The third-order valence-corrected chi connectivity index (χ3v) is 10.9. The van der Waals surface area contributed by atoms with Crippen LogP contribution in [-0.4, -0.2) is 87.5 Å². The number of nitrogens with one attached hydrogen (secondary N) is 1. The summed E-state index contributed by atoms with van der Waals surface area (Å²) in [6.07, 6.45) is 39.1. The predicted molar refractivity (Wildman–Crippen MR) is 230 cm³/mol. The quantitative estimate of drug-likeness (QED) is 0.0268. The highest BCUT2D eigenvalue weighted by Crippen LogP contribution is 2.22. The van der Waals surface area contributed by atoms with Crippen LogP contribution < -0.4 is 5.32 Å². The molecule has 0 saturated carbocycles. The maximum absolute atomic E-state index is 12.9. The van der Waals surface area contributed by atoms with E-state index in [1.54, 1.807) is 6.08 Å². The van der Waals surface area contributed by atoms with E-state index in [0.29, 0.717) is 6.42 Å². The zero-order chi connectivity index (χ0) is 40.9. The normalized spacial score (nSPS) is 21.4. The first-order chi connectivity index (χ1) is 27.3. The summed E-state index contributed by atoms with van der Waals surface area (Å²) in [6, 6.07) is -0.827. The van der Waals surface area contributed by atoms with Crippen molar-refractivity contribution in [3.05, 3.63) is 36.5 Å². The van der Waals surface area contributed by atoms with Crippen molar-refractivity contribution in [1.29, 1.82) is 0 Å². The van der Waals surface area contributed by atoms with Gasteiger partial charge in [-0.15, -0.1) is 0 Å². The average Bonchev–Trinajstić information content (AvgIpc) is 3.20. The van der Waals surface area contributed by atoms with E-state index in [0.717, 1.165) is 51.4 Å². The van der Waals surface area contributed by atoms with Crippen molar-refractivity contribution in [3.63, 3.8) is 0 Å². The van der Waals surface area contributed by atoms with Crippen LogP contribution in [-0.2, 0) is 14.3 Å². The molecule has 1 saturated heterocycles. The van der Waals surface area contributed by atoms with Crippen molar-refractivity contribution in [1.82, 2.24) is 5.32 Å². The van der Waals surface area contributed by atoms with Crippen molar-refractivity contribution in [2.45, 2.75) is 243 Å². The Morgan fingerprint density at radius 2 is 1.02 bits per heavy atom. The summed E-state index contributed by atoms with van der Waals surface area (Å²) in [7, 11) is 0. The number of rotatable bonds is 38. The third kappa shape index (κ3) is 27.9. The Bertz CT molecular complexity index is 972.